The molecule has 0 fully saturated rings. The summed E-state index contributed by atoms with van der Waals surface area (Å²) in [6, 6.07) is 0. The average Bonchev–Trinajstić information content (AvgIpc) is 2.27. The maximum absolute atomic E-state index is 11.8. The third-order valence-corrected chi connectivity index (χ3v) is 2.11. The Balaban J connectivity index is 4.58. The van der Waals surface area contributed by atoms with Gasteiger partial charge in [0.2, 0.25) is 0 Å². The average molecular weight is 228 g/mol. The van der Waals surface area contributed by atoms with Gasteiger partial charge in [0.05, 0.1) is 19.5 Å². The van der Waals surface area contributed by atoms with Gasteiger partial charge in [-0.05, 0) is 27.2 Å². The number of ketones is 1. The molecule has 4 heteroatoms. The Morgan fingerprint density at radius 1 is 1.19 bits per heavy atom. The minimum Gasteiger partial charge on any atom is -0.501 e. The molecule has 0 spiro atoms. The molecule has 0 saturated carbocycles. The first kappa shape index (κ1) is 14.7. The Hall–Kier alpha value is -1.32. The second kappa shape index (κ2) is 7.91. The van der Waals surface area contributed by atoms with E-state index in [1.54, 1.807) is 20.8 Å². The third-order valence-electron chi connectivity index (χ3n) is 2.11. The quantitative estimate of drug-likeness (QED) is 0.290. The van der Waals surface area contributed by atoms with Crippen LogP contribution in [0, 0.1) is 5.92 Å². The Bertz CT molecular complexity index is 268. The van der Waals surface area contributed by atoms with E-state index in [-0.39, 0.29) is 12.4 Å². The highest BCUT2D eigenvalue weighted by atomic mass is 16.5. The summed E-state index contributed by atoms with van der Waals surface area (Å²) in [5, 5.41) is 0. The van der Waals surface area contributed by atoms with Gasteiger partial charge in [-0.25, -0.2) is 0 Å². The summed E-state index contributed by atoms with van der Waals surface area (Å²) in [7, 11) is 0. The van der Waals surface area contributed by atoms with Crippen molar-refractivity contribution in [2.75, 3.05) is 13.2 Å². The highest BCUT2D eigenvalue weighted by molar-refractivity contribution is 6.07. The summed E-state index contributed by atoms with van der Waals surface area (Å²) >= 11 is 0. The van der Waals surface area contributed by atoms with Crippen LogP contribution in [0.1, 0.15) is 34.1 Å². The molecule has 0 N–H and O–H groups in total. The van der Waals surface area contributed by atoms with Crippen LogP contribution in [-0.4, -0.2) is 25.0 Å². The molecule has 0 amide bonds. The Morgan fingerprint density at radius 3 is 2.25 bits per heavy atom. The van der Waals surface area contributed by atoms with Crippen molar-refractivity contribution in [3.05, 3.63) is 11.8 Å². The predicted molar refractivity (Wildman–Crippen MR) is 60.8 cm³/mol. The fourth-order valence-corrected chi connectivity index (χ4v) is 1.24. The summed E-state index contributed by atoms with van der Waals surface area (Å²) in [6.07, 6.45) is 1.83. The molecular formula is C12H20O4. The zero-order valence-electron chi connectivity index (χ0n) is 10.4. The smallest absolute Gasteiger partial charge is 0.316 e. The second-order valence-corrected chi connectivity index (χ2v) is 3.33. The van der Waals surface area contributed by atoms with E-state index in [4.69, 9.17) is 9.47 Å². The van der Waals surface area contributed by atoms with Crippen molar-refractivity contribution in [1.29, 1.82) is 0 Å². The first-order valence-corrected chi connectivity index (χ1v) is 5.57. The molecule has 1 unspecified atom stereocenters. The van der Waals surface area contributed by atoms with Crippen LogP contribution in [-0.2, 0) is 19.1 Å². The largest absolute Gasteiger partial charge is 0.501 e. The molecule has 0 saturated heterocycles. The van der Waals surface area contributed by atoms with Crippen LogP contribution < -0.4 is 0 Å². The first-order chi connectivity index (χ1) is 7.58. The van der Waals surface area contributed by atoms with Gasteiger partial charge >= 0.3 is 5.97 Å². The highest BCUT2D eigenvalue weighted by Gasteiger charge is 2.26. The fraction of sp³-hybridized carbons (Fsp3) is 0.667. The van der Waals surface area contributed by atoms with E-state index in [0.717, 1.165) is 0 Å². The zero-order valence-corrected chi connectivity index (χ0v) is 10.4. The van der Waals surface area contributed by atoms with Crippen molar-refractivity contribution in [3.63, 3.8) is 0 Å². The van der Waals surface area contributed by atoms with E-state index in [1.165, 1.54) is 6.26 Å². The van der Waals surface area contributed by atoms with Crippen molar-refractivity contribution < 1.29 is 19.1 Å². The van der Waals surface area contributed by atoms with Crippen LogP contribution in [0.2, 0.25) is 0 Å². The fourth-order valence-electron chi connectivity index (χ4n) is 1.24. The van der Waals surface area contributed by atoms with Crippen LogP contribution in [0.3, 0.4) is 0 Å². The van der Waals surface area contributed by atoms with Gasteiger partial charge in [-0.3, -0.25) is 9.59 Å². The number of rotatable bonds is 7. The molecule has 0 aromatic heterocycles. The lowest BCUT2D eigenvalue weighted by molar-refractivity contribution is -0.150. The number of carbonyl (C=O) groups is 2. The number of ether oxygens (including phenoxy) is 2. The Morgan fingerprint density at radius 2 is 1.81 bits per heavy atom. The summed E-state index contributed by atoms with van der Waals surface area (Å²) in [6.45, 7) is 7.76. The number of Topliss-reactive ketones (excluding diaryl/α,β-unsaturated/α-hetero) is 1. The molecular weight excluding hydrogens is 208 g/mol. The molecule has 16 heavy (non-hydrogen) atoms. The third kappa shape index (κ3) is 4.47. The first-order valence-electron chi connectivity index (χ1n) is 5.57. The Kier molecular flexibility index (Phi) is 7.25. The van der Waals surface area contributed by atoms with Crippen LogP contribution in [0.5, 0.6) is 0 Å². The topological polar surface area (TPSA) is 52.6 Å². The molecule has 0 aliphatic rings. The van der Waals surface area contributed by atoms with Gasteiger partial charge < -0.3 is 9.47 Å². The normalized spacial score (nSPS) is 13.1. The molecule has 0 aliphatic heterocycles. The van der Waals surface area contributed by atoms with Crippen molar-refractivity contribution in [2.24, 2.45) is 5.92 Å². The van der Waals surface area contributed by atoms with Crippen LogP contribution in [0.15, 0.2) is 11.8 Å². The molecule has 4 nitrogen and oxygen atoms in total. The van der Waals surface area contributed by atoms with Crippen LogP contribution in [0.4, 0.5) is 0 Å². The summed E-state index contributed by atoms with van der Waals surface area (Å²) in [4.78, 5) is 23.3. The van der Waals surface area contributed by atoms with E-state index in [1.807, 2.05) is 6.92 Å². The van der Waals surface area contributed by atoms with E-state index >= 15 is 0 Å². The number of carbonyl (C=O) groups excluding carboxylic acids is 2. The highest BCUT2D eigenvalue weighted by Crippen LogP contribution is 2.13. The lowest BCUT2D eigenvalue weighted by atomic mass is 9.97. The van der Waals surface area contributed by atoms with E-state index in [9.17, 15) is 9.59 Å². The molecule has 1 atom stereocenters. The second-order valence-electron chi connectivity index (χ2n) is 3.33. The van der Waals surface area contributed by atoms with Gasteiger partial charge in [-0.2, -0.15) is 0 Å². The van der Waals surface area contributed by atoms with Crippen molar-refractivity contribution in [1.82, 2.24) is 0 Å². The molecule has 0 aliphatic carbocycles. The summed E-state index contributed by atoms with van der Waals surface area (Å²) < 4.78 is 9.86. The molecule has 0 rings (SSSR count). The monoisotopic (exact) mass is 228 g/mol. The lowest BCUT2D eigenvalue weighted by Gasteiger charge is -2.12. The number of esters is 1. The van der Waals surface area contributed by atoms with Gasteiger partial charge in [0.1, 0.15) is 5.92 Å². The SMILES string of the molecule is CCO/C=C(\C)C(=O)C(CC)C(=O)OCC. The zero-order chi connectivity index (χ0) is 12.6. The predicted octanol–water partition coefficient (Wildman–Crippen LogP) is 2.09. The van der Waals surface area contributed by atoms with Gasteiger partial charge in [0.15, 0.2) is 5.78 Å². The minimum absolute atomic E-state index is 0.227. The van der Waals surface area contributed by atoms with Crippen LogP contribution in [0.25, 0.3) is 0 Å². The van der Waals surface area contributed by atoms with Crippen molar-refractivity contribution in [3.8, 4) is 0 Å². The van der Waals surface area contributed by atoms with Gasteiger partial charge in [-0.1, -0.05) is 6.92 Å². The van der Waals surface area contributed by atoms with E-state index in [2.05, 4.69) is 0 Å². The number of hydrogen-bond acceptors (Lipinski definition) is 4. The number of hydrogen-bond donors (Lipinski definition) is 0. The van der Waals surface area contributed by atoms with Crippen molar-refractivity contribution >= 4 is 11.8 Å². The molecule has 0 bridgehead atoms. The van der Waals surface area contributed by atoms with Gasteiger partial charge in [-0.15, -0.1) is 0 Å². The molecule has 0 heterocycles. The minimum atomic E-state index is -0.711. The molecule has 0 aromatic rings. The molecule has 0 aromatic carbocycles. The lowest BCUT2D eigenvalue weighted by Crippen LogP contribution is -2.26. The van der Waals surface area contributed by atoms with Crippen molar-refractivity contribution in [2.45, 2.75) is 34.1 Å². The maximum atomic E-state index is 11.8. The van der Waals surface area contributed by atoms with E-state index in [0.29, 0.717) is 18.6 Å². The maximum Gasteiger partial charge on any atom is 0.316 e. The summed E-state index contributed by atoms with van der Waals surface area (Å²) in [5.74, 6) is -1.40. The van der Waals surface area contributed by atoms with E-state index < -0.39 is 11.9 Å². The molecule has 0 radical (unpaired) electrons. The Labute approximate surface area is 96.6 Å². The summed E-state index contributed by atoms with van der Waals surface area (Å²) in [5.41, 5.74) is 0.446. The molecule has 92 valence electrons. The number of allylic oxidation sites excluding steroid dienone is 1. The van der Waals surface area contributed by atoms with Gasteiger partial charge in [0, 0.05) is 5.57 Å². The standard InChI is InChI=1S/C12H20O4/c1-5-10(12(14)16-7-3)11(13)9(4)8-15-6-2/h8,10H,5-7H2,1-4H3/b9-8+. The van der Waals surface area contributed by atoms with Gasteiger partial charge in [0.25, 0.3) is 0 Å². The van der Waals surface area contributed by atoms with Crippen LogP contribution >= 0.6 is 0 Å².